The number of hydrogen-bond acceptors (Lipinski definition) is 4. The van der Waals surface area contributed by atoms with Crippen LogP contribution in [0.3, 0.4) is 0 Å². The van der Waals surface area contributed by atoms with Gasteiger partial charge in [0.1, 0.15) is 24.0 Å². The predicted molar refractivity (Wildman–Crippen MR) is 107 cm³/mol. The molecule has 1 aliphatic heterocycles. The molecule has 1 aliphatic rings. The molecule has 31 heavy (non-hydrogen) atoms. The van der Waals surface area contributed by atoms with E-state index in [-0.39, 0.29) is 47.3 Å². The fourth-order valence-corrected chi connectivity index (χ4v) is 3.83. The minimum Gasteiger partial charge on any atom is -0.545 e. The van der Waals surface area contributed by atoms with Crippen molar-refractivity contribution in [3.63, 3.8) is 0 Å². The summed E-state index contributed by atoms with van der Waals surface area (Å²) in [7, 11) is 0. The molecule has 0 saturated carbocycles. The molecule has 1 heterocycles. The fraction of sp³-hybridized carbons (Fsp3) is 0.208. The van der Waals surface area contributed by atoms with E-state index < -0.39 is 17.6 Å². The van der Waals surface area contributed by atoms with E-state index in [2.05, 4.69) is 4.90 Å². The van der Waals surface area contributed by atoms with Gasteiger partial charge in [0.05, 0.1) is 5.97 Å². The van der Waals surface area contributed by atoms with E-state index in [0.717, 1.165) is 35.8 Å². The van der Waals surface area contributed by atoms with E-state index >= 15 is 0 Å². The summed E-state index contributed by atoms with van der Waals surface area (Å²) in [5, 5.41) is 11.5. The van der Waals surface area contributed by atoms with Crippen LogP contribution in [-0.4, -0.2) is 12.5 Å². The molecule has 0 amide bonds. The molecule has 0 fully saturated rings. The summed E-state index contributed by atoms with van der Waals surface area (Å²) in [6.07, 6.45) is 1.53. The average Bonchev–Trinajstić information content (AvgIpc) is 2.74. The third-order valence-corrected chi connectivity index (χ3v) is 5.30. The number of carbonyl (C=O) groups is 1. The van der Waals surface area contributed by atoms with Gasteiger partial charge in [-0.2, -0.15) is 0 Å². The van der Waals surface area contributed by atoms with Gasteiger partial charge in [-0.1, -0.05) is 30.3 Å². The maximum atomic E-state index is 13.9. The van der Waals surface area contributed by atoms with Crippen LogP contribution >= 0.6 is 0 Å². The van der Waals surface area contributed by atoms with Crippen molar-refractivity contribution in [3.05, 3.63) is 94.6 Å². The summed E-state index contributed by atoms with van der Waals surface area (Å²) in [6, 6.07) is 16.1. The number of anilines is 1. The largest absolute Gasteiger partial charge is 1.00 e. The Morgan fingerprint density at radius 2 is 1.84 bits per heavy atom. The Bertz CT molecular complexity index is 1090. The van der Waals surface area contributed by atoms with E-state index in [1.807, 2.05) is 24.3 Å². The zero-order valence-electron chi connectivity index (χ0n) is 17.2. The average molecular weight is 431 g/mol. The number of nitrogens with zero attached hydrogens (tertiary/aromatic N) is 1. The van der Waals surface area contributed by atoms with E-state index in [1.54, 1.807) is 18.2 Å². The van der Waals surface area contributed by atoms with Gasteiger partial charge in [0, 0.05) is 41.5 Å². The molecule has 0 aliphatic carbocycles. The van der Waals surface area contributed by atoms with Crippen LogP contribution in [0.15, 0.2) is 60.7 Å². The van der Waals surface area contributed by atoms with Gasteiger partial charge in [-0.05, 0) is 42.7 Å². The molecule has 154 valence electrons. The van der Waals surface area contributed by atoms with E-state index in [0.29, 0.717) is 18.7 Å². The van der Waals surface area contributed by atoms with E-state index in [4.69, 9.17) is 4.74 Å². The number of fused-ring (bicyclic) bond motifs is 1. The molecule has 0 saturated heterocycles. The van der Waals surface area contributed by atoms with Gasteiger partial charge in [0.25, 0.3) is 0 Å². The van der Waals surface area contributed by atoms with Crippen LogP contribution in [0.1, 0.15) is 33.5 Å². The van der Waals surface area contributed by atoms with Crippen LogP contribution in [0.25, 0.3) is 0 Å². The number of rotatable bonds is 6. The second-order valence-electron chi connectivity index (χ2n) is 7.25. The minimum absolute atomic E-state index is 0. The maximum absolute atomic E-state index is 13.9. The van der Waals surface area contributed by atoms with Crippen molar-refractivity contribution in [3.8, 4) is 5.75 Å². The SMILES string of the molecule is O=C([O-])c1cccc2c1CCCN2Cc1ccccc1OCc1ccc(F)cc1F.[Na+]. The molecule has 0 atom stereocenters. The van der Waals surface area contributed by atoms with Gasteiger partial charge in [-0.25, -0.2) is 8.78 Å². The first kappa shape index (κ1) is 23.3. The quantitative estimate of drug-likeness (QED) is 0.544. The summed E-state index contributed by atoms with van der Waals surface area (Å²) in [5.74, 6) is -1.84. The number of hydrogen-bond donors (Lipinski definition) is 0. The number of carboxylic acid groups (broad SMARTS) is 1. The van der Waals surface area contributed by atoms with Gasteiger partial charge < -0.3 is 19.5 Å². The molecule has 4 rings (SSSR count). The van der Waals surface area contributed by atoms with Gasteiger partial charge in [-0.15, -0.1) is 0 Å². The number of carboxylic acids is 1. The molecule has 4 nitrogen and oxygen atoms in total. The normalized spacial score (nSPS) is 12.6. The molecule has 0 radical (unpaired) electrons. The van der Waals surface area contributed by atoms with Crippen LogP contribution in [0.2, 0.25) is 0 Å². The van der Waals surface area contributed by atoms with Crippen molar-refractivity contribution < 1.29 is 53.0 Å². The molecular formula is C24H20F2NNaO3. The Morgan fingerprint density at radius 1 is 1.03 bits per heavy atom. The Balaban J connectivity index is 0.00000272. The number of ether oxygens (including phenoxy) is 1. The van der Waals surface area contributed by atoms with Crippen molar-refractivity contribution in [1.29, 1.82) is 0 Å². The summed E-state index contributed by atoms with van der Waals surface area (Å²) < 4.78 is 32.9. The molecule has 0 N–H and O–H groups in total. The second-order valence-corrected chi connectivity index (χ2v) is 7.25. The van der Waals surface area contributed by atoms with Gasteiger partial charge >= 0.3 is 29.6 Å². The van der Waals surface area contributed by atoms with E-state index in [1.165, 1.54) is 12.1 Å². The van der Waals surface area contributed by atoms with Crippen molar-refractivity contribution >= 4 is 11.7 Å². The van der Waals surface area contributed by atoms with Crippen LogP contribution < -0.4 is 44.3 Å². The molecule has 0 bridgehead atoms. The standard InChI is InChI=1S/C24H21F2NO3.Na/c25-18-11-10-17(21(26)13-18)15-30-23-9-2-1-5-16(23)14-27-12-4-7-19-20(24(28)29)6-3-8-22(19)27;/h1-3,5-6,8-11,13H,4,7,12,14-15H2,(H,28,29);/q;+1/p-1. The van der Waals surface area contributed by atoms with Crippen LogP contribution in [0, 0.1) is 11.6 Å². The predicted octanol–water partition coefficient (Wildman–Crippen LogP) is 0.864. The van der Waals surface area contributed by atoms with Crippen molar-refractivity contribution in [2.45, 2.75) is 26.0 Å². The Labute approximate surface area is 201 Å². The first-order valence-corrected chi connectivity index (χ1v) is 9.76. The number of para-hydroxylation sites is 1. The molecule has 3 aromatic rings. The Kier molecular flexibility index (Phi) is 7.70. The smallest absolute Gasteiger partial charge is 0.545 e. The third kappa shape index (κ3) is 5.26. The van der Waals surface area contributed by atoms with Crippen molar-refractivity contribution in [1.82, 2.24) is 0 Å². The van der Waals surface area contributed by atoms with Crippen molar-refractivity contribution in [2.24, 2.45) is 0 Å². The zero-order valence-corrected chi connectivity index (χ0v) is 19.2. The van der Waals surface area contributed by atoms with Crippen molar-refractivity contribution in [2.75, 3.05) is 11.4 Å². The zero-order chi connectivity index (χ0) is 21.1. The summed E-state index contributed by atoms with van der Waals surface area (Å²) in [4.78, 5) is 13.6. The first-order valence-electron chi connectivity index (χ1n) is 9.76. The molecule has 0 spiro atoms. The summed E-state index contributed by atoms with van der Waals surface area (Å²) >= 11 is 0. The maximum Gasteiger partial charge on any atom is 1.00 e. The first-order chi connectivity index (χ1) is 14.5. The number of carbonyl (C=O) groups excluding carboxylic acids is 1. The number of benzene rings is 3. The molecule has 7 heteroatoms. The monoisotopic (exact) mass is 431 g/mol. The van der Waals surface area contributed by atoms with Gasteiger partial charge in [0.15, 0.2) is 0 Å². The van der Waals surface area contributed by atoms with Gasteiger partial charge in [-0.3, -0.25) is 0 Å². The van der Waals surface area contributed by atoms with Gasteiger partial charge in [0.2, 0.25) is 0 Å². The molecule has 0 aromatic heterocycles. The summed E-state index contributed by atoms with van der Waals surface area (Å²) in [5.41, 5.74) is 3.06. The Morgan fingerprint density at radius 3 is 2.61 bits per heavy atom. The fourth-order valence-electron chi connectivity index (χ4n) is 3.83. The Hall–Kier alpha value is -2.41. The minimum atomic E-state index is -1.17. The number of aromatic carboxylic acids is 1. The third-order valence-electron chi connectivity index (χ3n) is 5.30. The second kappa shape index (κ2) is 10.3. The molecule has 0 unspecified atom stereocenters. The van der Waals surface area contributed by atoms with Crippen LogP contribution in [0.4, 0.5) is 14.5 Å². The van der Waals surface area contributed by atoms with Crippen LogP contribution in [0.5, 0.6) is 5.75 Å². The van der Waals surface area contributed by atoms with Crippen LogP contribution in [-0.2, 0) is 19.6 Å². The molecular weight excluding hydrogens is 411 g/mol. The van der Waals surface area contributed by atoms with E-state index in [9.17, 15) is 18.7 Å². The molecule has 3 aromatic carbocycles. The number of halogens is 2. The topological polar surface area (TPSA) is 52.6 Å². The summed E-state index contributed by atoms with van der Waals surface area (Å²) in [6.45, 7) is 1.28.